The van der Waals surface area contributed by atoms with E-state index < -0.39 is 17.0 Å². The van der Waals surface area contributed by atoms with Gasteiger partial charge in [0, 0.05) is 17.3 Å². The van der Waals surface area contributed by atoms with Crippen molar-refractivity contribution in [2.45, 2.75) is 63.8 Å². The van der Waals surface area contributed by atoms with Gasteiger partial charge in [-0.2, -0.15) is 0 Å². The second kappa shape index (κ2) is 4.50. The minimum Gasteiger partial charge on any atom is -0.479 e. The van der Waals surface area contributed by atoms with Gasteiger partial charge in [-0.05, 0) is 50.0 Å². The van der Waals surface area contributed by atoms with Crippen molar-refractivity contribution in [2.24, 2.45) is 28.6 Å². The van der Waals surface area contributed by atoms with Crippen molar-refractivity contribution in [1.82, 2.24) is 0 Å². The zero-order valence-electron chi connectivity index (χ0n) is 15.5. The van der Waals surface area contributed by atoms with E-state index in [9.17, 15) is 19.8 Å². The Labute approximate surface area is 153 Å². The number of aliphatic carboxylic acids is 1. The maximum atomic E-state index is 12.0. The van der Waals surface area contributed by atoms with Crippen molar-refractivity contribution in [3.63, 3.8) is 0 Å². The number of carboxylic acid groups (broad SMARTS) is 1. The Balaban J connectivity index is 1.63. The normalized spacial score (nSPS) is 56.8. The molecule has 2 N–H and O–H groups in total. The number of carboxylic acids is 1. The second-order valence-electron chi connectivity index (χ2n) is 9.59. The summed E-state index contributed by atoms with van der Waals surface area (Å²) in [5.41, 5.74) is -1.90. The SMILES string of the molecule is C[C@@H]1CC2C3CC=C4CC(=O)C=C[C@]4(C)[C@@]34O[C@H]4C[C@]2(C)[C@@]1(O)C(=O)O. The van der Waals surface area contributed by atoms with Gasteiger partial charge in [-0.3, -0.25) is 4.79 Å². The summed E-state index contributed by atoms with van der Waals surface area (Å²) in [4.78, 5) is 24.0. The Kier molecular flexibility index (Phi) is 2.89. The van der Waals surface area contributed by atoms with Gasteiger partial charge in [0.05, 0.1) is 6.10 Å². The number of rotatable bonds is 1. The molecule has 0 amide bonds. The molecule has 5 heteroatoms. The number of hydrogen-bond donors (Lipinski definition) is 2. The number of aliphatic hydroxyl groups is 1. The van der Waals surface area contributed by atoms with Gasteiger partial charge in [0.2, 0.25) is 0 Å². The molecule has 0 aromatic carbocycles. The number of allylic oxidation sites excluding steroid dienone is 2. The lowest BCUT2D eigenvalue weighted by atomic mass is 9.47. The molecule has 1 aliphatic heterocycles. The summed E-state index contributed by atoms with van der Waals surface area (Å²) in [5, 5.41) is 21.1. The van der Waals surface area contributed by atoms with Crippen LogP contribution in [0, 0.1) is 28.6 Å². The van der Waals surface area contributed by atoms with Crippen LogP contribution in [0.2, 0.25) is 0 Å². The molecule has 5 nitrogen and oxygen atoms in total. The Bertz CT molecular complexity index is 798. The number of carbonyl (C=O) groups is 2. The lowest BCUT2D eigenvalue weighted by Crippen LogP contribution is -2.61. The molecule has 0 bridgehead atoms. The summed E-state index contributed by atoms with van der Waals surface area (Å²) < 4.78 is 6.38. The molecule has 2 unspecified atom stereocenters. The third kappa shape index (κ3) is 1.50. The molecule has 3 fully saturated rings. The van der Waals surface area contributed by atoms with E-state index in [1.165, 1.54) is 0 Å². The van der Waals surface area contributed by atoms with Gasteiger partial charge in [0.25, 0.3) is 0 Å². The molecule has 0 radical (unpaired) electrons. The van der Waals surface area contributed by atoms with Crippen LogP contribution in [0.5, 0.6) is 0 Å². The van der Waals surface area contributed by atoms with E-state index in [2.05, 4.69) is 13.0 Å². The predicted octanol–water partition coefficient (Wildman–Crippen LogP) is 2.49. The van der Waals surface area contributed by atoms with E-state index in [0.717, 1.165) is 12.0 Å². The maximum Gasteiger partial charge on any atom is 0.336 e. The van der Waals surface area contributed by atoms with Crippen molar-refractivity contribution in [1.29, 1.82) is 0 Å². The van der Waals surface area contributed by atoms with E-state index in [0.29, 0.717) is 19.3 Å². The first-order valence-electron chi connectivity index (χ1n) is 9.66. The number of ether oxygens (including phenoxy) is 1. The van der Waals surface area contributed by atoms with Crippen LogP contribution < -0.4 is 0 Å². The van der Waals surface area contributed by atoms with Gasteiger partial charge < -0.3 is 14.9 Å². The molecule has 8 atom stereocenters. The van der Waals surface area contributed by atoms with Crippen LogP contribution in [0.15, 0.2) is 23.8 Å². The lowest BCUT2D eigenvalue weighted by molar-refractivity contribution is -0.183. The van der Waals surface area contributed by atoms with E-state index in [1.54, 1.807) is 6.08 Å². The molecule has 1 saturated heterocycles. The highest BCUT2D eigenvalue weighted by atomic mass is 16.6. The first-order valence-corrected chi connectivity index (χ1v) is 9.66. The number of hydrogen-bond acceptors (Lipinski definition) is 4. The maximum absolute atomic E-state index is 12.0. The smallest absolute Gasteiger partial charge is 0.336 e. The van der Waals surface area contributed by atoms with Crippen LogP contribution in [-0.2, 0) is 14.3 Å². The van der Waals surface area contributed by atoms with E-state index in [1.807, 2.05) is 19.9 Å². The highest BCUT2D eigenvalue weighted by Crippen LogP contribution is 2.75. The zero-order valence-corrected chi connectivity index (χ0v) is 15.5. The molecule has 1 heterocycles. The van der Waals surface area contributed by atoms with Crippen molar-refractivity contribution < 1.29 is 24.5 Å². The average Bonchev–Trinajstić information content (AvgIpc) is 3.25. The first kappa shape index (κ1) is 16.7. The van der Waals surface area contributed by atoms with Crippen LogP contribution in [0.25, 0.3) is 0 Å². The summed E-state index contributed by atoms with van der Waals surface area (Å²) in [6.45, 7) is 5.98. The van der Waals surface area contributed by atoms with Crippen molar-refractivity contribution >= 4 is 11.8 Å². The number of epoxide rings is 1. The summed E-state index contributed by atoms with van der Waals surface area (Å²) in [5.74, 6) is -0.987. The fraction of sp³-hybridized carbons (Fsp3) is 0.714. The molecule has 2 saturated carbocycles. The molecule has 4 aliphatic carbocycles. The monoisotopic (exact) mass is 358 g/mol. The van der Waals surface area contributed by atoms with Crippen LogP contribution in [0.3, 0.4) is 0 Å². The summed E-state index contributed by atoms with van der Waals surface area (Å²) >= 11 is 0. The molecule has 5 rings (SSSR count). The third-order valence-corrected chi connectivity index (χ3v) is 8.80. The first-order chi connectivity index (χ1) is 12.1. The Morgan fingerprint density at radius 1 is 1.31 bits per heavy atom. The second-order valence-corrected chi connectivity index (χ2v) is 9.59. The van der Waals surface area contributed by atoms with Crippen molar-refractivity contribution in [2.75, 3.05) is 0 Å². The minimum atomic E-state index is -1.71. The molecule has 0 aromatic rings. The highest BCUT2D eigenvalue weighted by molar-refractivity contribution is 5.93. The average molecular weight is 358 g/mol. The minimum absolute atomic E-state index is 0.0588. The number of ketones is 1. The van der Waals surface area contributed by atoms with Crippen molar-refractivity contribution in [3.8, 4) is 0 Å². The van der Waals surface area contributed by atoms with Gasteiger partial charge in [-0.15, -0.1) is 0 Å². The largest absolute Gasteiger partial charge is 0.479 e. The molecule has 26 heavy (non-hydrogen) atoms. The zero-order chi connectivity index (χ0) is 18.7. The molecule has 5 aliphatic rings. The van der Waals surface area contributed by atoms with E-state index >= 15 is 0 Å². The fourth-order valence-electron chi connectivity index (χ4n) is 7.35. The van der Waals surface area contributed by atoms with Crippen molar-refractivity contribution in [3.05, 3.63) is 23.8 Å². The molecule has 1 spiro atoms. The Hall–Kier alpha value is -1.46. The van der Waals surface area contributed by atoms with E-state index in [4.69, 9.17) is 4.74 Å². The van der Waals surface area contributed by atoms with Crippen LogP contribution >= 0.6 is 0 Å². The van der Waals surface area contributed by atoms with Crippen LogP contribution in [0.4, 0.5) is 0 Å². The Morgan fingerprint density at radius 2 is 2.04 bits per heavy atom. The molecule has 140 valence electrons. The molecule has 0 aromatic heterocycles. The van der Waals surface area contributed by atoms with Gasteiger partial charge in [0.15, 0.2) is 11.4 Å². The predicted molar refractivity (Wildman–Crippen MR) is 93.2 cm³/mol. The van der Waals surface area contributed by atoms with Gasteiger partial charge in [0.1, 0.15) is 5.60 Å². The van der Waals surface area contributed by atoms with E-state index in [-0.39, 0.29) is 40.7 Å². The standard InChI is InChI=1S/C21H26O5/c1-11-8-15-14-5-4-12-9-13(22)6-7-18(12,2)21(14)16(26-21)10-19(15,3)20(11,25)17(23)24/h4,6-7,11,14-16,25H,5,8-10H2,1-3H3,(H,23,24)/t11-,14?,15?,16+,18+,19+,20+,21-/m1/s1. The number of fused-ring (bicyclic) bond motifs is 3. The topological polar surface area (TPSA) is 87.1 Å². The third-order valence-electron chi connectivity index (χ3n) is 8.80. The van der Waals surface area contributed by atoms with Gasteiger partial charge >= 0.3 is 5.97 Å². The number of carbonyl (C=O) groups excluding carboxylic acids is 1. The Morgan fingerprint density at radius 3 is 2.73 bits per heavy atom. The summed E-state index contributed by atoms with van der Waals surface area (Å²) in [6.07, 6.45) is 8.34. The van der Waals surface area contributed by atoms with Gasteiger partial charge in [-0.1, -0.05) is 31.6 Å². The van der Waals surface area contributed by atoms with Crippen LogP contribution in [0.1, 0.15) is 46.5 Å². The quantitative estimate of drug-likeness (QED) is 0.555. The van der Waals surface area contributed by atoms with Crippen LogP contribution in [-0.4, -0.2) is 39.3 Å². The van der Waals surface area contributed by atoms with Gasteiger partial charge in [-0.25, -0.2) is 4.79 Å². The fourth-order valence-corrected chi connectivity index (χ4v) is 7.35. The lowest BCUT2D eigenvalue weighted by Gasteiger charge is -2.54. The molecular weight excluding hydrogens is 332 g/mol. The summed E-state index contributed by atoms with van der Waals surface area (Å²) in [6, 6.07) is 0. The summed E-state index contributed by atoms with van der Waals surface area (Å²) in [7, 11) is 0. The molecular formula is C21H26O5. The highest BCUT2D eigenvalue weighted by Gasteiger charge is 2.82.